The standard InChI is InChI=1S/C16H23ClN2O3.ClH/c1-12(22-14-6-3-5-13(17)9-14)15(20)18-10-16(11-21-2)7-4-8-19-16;/h3,5-6,9,12,19H,4,7-8,10-11H2,1-2H3,(H,18,20);1H. The van der Waals surface area contributed by atoms with Gasteiger partial charge >= 0.3 is 0 Å². The molecule has 1 aliphatic heterocycles. The Morgan fingerprint density at radius 3 is 2.91 bits per heavy atom. The van der Waals surface area contributed by atoms with E-state index in [-0.39, 0.29) is 23.9 Å². The van der Waals surface area contributed by atoms with Gasteiger partial charge in [-0.3, -0.25) is 4.79 Å². The monoisotopic (exact) mass is 362 g/mol. The summed E-state index contributed by atoms with van der Waals surface area (Å²) in [6.45, 7) is 3.79. The number of carbonyl (C=O) groups excluding carboxylic acids is 1. The number of ether oxygens (including phenoxy) is 2. The molecule has 0 saturated carbocycles. The second-order valence-electron chi connectivity index (χ2n) is 5.68. The molecule has 1 heterocycles. The molecule has 1 aliphatic rings. The first-order valence-corrected chi connectivity index (χ1v) is 7.86. The van der Waals surface area contributed by atoms with Gasteiger partial charge in [0.1, 0.15) is 5.75 Å². The molecule has 130 valence electrons. The summed E-state index contributed by atoms with van der Waals surface area (Å²) in [7, 11) is 1.68. The normalized spacial score (nSPS) is 21.3. The van der Waals surface area contributed by atoms with Gasteiger partial charge < -0.3 is 20.1 Å². The van der Waals surface area contributed by atoms with Crippen molar-refractivity contribution < 1.29 is 14.3 Å². The lowest BCUT2D eigenvalue weighted by Crippen LogP contribution is -2.54. The summed E-state index contributed by atoms with van der Waals surface area (Å²) in [5.74, 6) is 0.435. The molecule has 1 aromatic carbocycles. The summed E-state index contributed by atoms with van der Waals surface area (Å²) in [6.07, 6.45) is 1.50. The molecule has 0 spiro atoms. The van der Waals surface area contributed by atoms with Gasteiger partial charge in [-0.25, -0.2) is 0 Å². The molecular formula is C16H24Cl2N2O3. The fourth-order valence-electron chi connectivity index (χ4n) is 2.67. The molecule has 2 atom stereocenters. The quantitative estimate of drug-likeness (QED) is 0.781. The van der Waals surface area contributed by atoms with Crippen molar-refractivity contribution in [3.05, 3.63) is 29.3 Å². The van der Waals surface area contributed by atoms with E-state index >= 15 is 0 Å². The van der Waals surface area contributed by atoms with Crippen LogP contribution in [-0.2, 0) is 9.53 Å². The van der Waals surface area contributed by atoms with E-state index in [2.05, 4.69) is 10.6 Å². The van der Waals surface area contributed by atoms with Gasteiger partial charge in [-0.2, -0.15) is 0 Å². The van der Waals surface area contributed by atoms with Crippen molar-refractivity contribution in [3.63, 3.8) is 0 Å². The van der Waals surface area contributed by atoms with Crippen molar-refractivity contribution >= 4 is 29.9 Å². The molecule has 2 unspecified atom stereocenters. The van der Waals surface area contributed by atoms with Gasteiger partial charge in [0, 0.05) is 18.7 Å². The molecule has 2 N–H and O–H groups in total. The van der Waals surface area contributed by atoms with Crippen molar-refractivity contribution in [1.82, 2.24) is 10.6 Å². The Balaban J connectivity index is 0.00000264. The maximum Gasteiger partial charge on any atom is 0.260 e. The van der Waals surface area contributed by atoms with Gasteiger partial charge in [-0.05, 0) is 44.5 Å². The second kappa shape index (κ2) is 9.33. The zero-order valence-electron chi connectivity index (χ0n) is 13.4. The van der Waals surface area contributed by atoms with Crippen LogP contribution in [0.25, 0.3) is 0 Å². The molecule has 1 amide bonds. The van der Waals surface area contributed by atoms with Gasteiger partial charge in [0.2, 0.25) is 0 Å². The van der Waals surface area contributed by atoms with Crippen molar-refractivity contribution in [2.24, 2.45) is 0 Å². The third-order valence-electron chi connectivity index (χ3n) is 3.83. The Bertz CT molecular complexity index is 508. The van der Waals surface area contributed by atoms with Gasteiger partial charge in [-0.1, -0.05) is 17.7 Å². The van der Waals surface area contributed by atoms with E-state index in [1.165, 1.54) is 0 Å². The Kier molecular flexibility index (Phi) is 8.12. The summed E-state index contributed by atoms with van der Waals surface area (Å²) >= 11 is 5.91. The molecule has 0 bridgehead atoms. The van der Waals surface area contributed by atoms with Crippen molar-refractivity contribution in [1.29, 1.82) is 0 Å². The number of methoxy groups -OCH3 is 1. The molecular weight excluding hydrogens is 339 g/mol. The topological polar surface area (TPSA) is 59.6 Å². The largest absolute Gasteiger partial charge is 0.481 e. The summed E-state index contributed by atoms with van der Waals surface area (Å²) < 4.78 is 10.9. The first-order chi connectivity index (χ1) is 10.5. The van der Waals surface area contributed by atoms with Crippen molar-refractivity contribution in [3.8, 4) is 5.75 Å². The first kappa shape index (κ1) is 20.0. The van der Waals surface area contributed by atoms with Crippen LogP contribution in [0.15, 0.2) is 24.3 Å². The van der Waals surface area contributed by atoms with E-state index in [4.69, 9.17) is 21.1 Å². The number of benzene rings is 1. The summed E-state index contributed by atoms with van der Waals surface area (Å²) in [5.41, 5.74) is -0.166. The van der Waals surface area contributed by atoms with Crippen LogP contribution in [0.1, 0.15) is 19.8 Å². The highest BCUT2D eigenvalue weighted by molar-refractivity contribution is 6.30. The van der Waals surface area contributed by atoms with Crippen LogP contribution in [0.3, 0.4) is 0 Å². The summed E-state index contributed by atoms with van der Waals surface area (Å²) in [6, 6.07) is 7.02. The van der Waals surface area contributed by atoms with E-state index in [0.717, 1.165) is 19.4 Å². The molecule has 1 aromatic rings. The second-order valence-corrected chi connectivity index (χ2v) is 6.12. The molecule has 0 radical (unpaired) electrons. The third kappa shape index (κ3) is 5.84. The van der Waals surface area contributed by atoms with Crippen LogP contribution >= 0.6 is 24.0 Å². The van der Waals surface area contributed by atoms with E-state index < -0.39 is 6.10 Å². The number of nitrogens with one attached hydrogen (secondary N) is 2. The van der Waals surface area contributed by atoms with Crippen LogP contribution in [0.4, 0.5) is 0 Å². The molecule has 7 heteroatoms. The Morgan fingerprint density at radius 1 is 1.52 bits per heavy atom. The van der Waals surface area contributed by atoms with Gasteiger partial charge in [0.25, 0.3) is 5.91 Å². The number of rotatable bonds is 7. The number of hydrogen-bond acceptors (Lipinski definition) is 4. The van der Waals surface area contributed by atoms with E-state index in [1.807, 2.05) is 0 Å². The Labute approximate surface area is 148 Å². The lowest BCUT2D eigenvalue weighted by Gasteiger charge is -2.29. The molecule has 1 saturated heterocycles. The van der Waals surface area contributed by atoms with Crippen molar-refractivity contribution in [2.45, 2.75) is 31.4 Å². The molecule has 2 rings (SSSR count). The van der Waals surface area contributed by atoms with Crippen LogP contribution in [-0.4, -0.2) is 44.4 Å². The lowest BCUT2D eigenvalue weighted by molar-refractivity contribution is -0.127. The van der Waals surface area contributed by atoms with Crippen LogP contribution in [0.2, 0.25) is 5.02 Å². The van der Waals surface area contributed by atoms with E-state index in [0.29, 0.717) is 23.9 Å². The SMILES string of the molecule is COCC1(CNC(=O)C(C)Oc2cccc(Cl)c2)CCCN1.Cl. The predicted molar refractivity (Wildman–Crippen MR) is 93.6 cm³/mol. The van der Waals surface area contributed by atoms with Crippen LogP contribution in [0, 0.1) is 0 Å². The lowest BCUT2D eigenvalue weighted by atomic mass is 9.98. The summed E-state index contributed by atoms with van der Waals surface area (Å²) in [4.78, 5) is 12.2. The maximum atomic E-state index is 12.2. The van der Waals surface area contributed by atoms with Gasteiger partial charge in [0.15, 0.2) is 6.10 Å². The smallest absolute Gasteiger partial charge is 0.260 e. The van der Waals surface area contributed by atoms with E-state index in [9.17, 15) is 4.79 Å². The zero-order valence-corrected chi connectivity index (χ0v) is 15.0. The molecule has 0 aliphatic carbocycles. The third-order valence-corrected chi connectivity index (χ3v) is 4.07. The molecule has 1 fully saturated rings. The number of carbonyl (C=O) groups is 1. The minimum Gasteiger partial charge on any atom is -0.481 e. The number of hydrogen-bond donors (Lipinski definition) is 2. The fraction of sp³-hybridized carbons (Fsp3) is 0.562. The van der Waals surface area contributed by atoms with E-state index in [1.54, 1.807) is 38.3 Å². The zero-order chi connectivity index (χ0) is 16.0. The molecule has 5 nitrogen and oxygen atoms in total. The van der Waals surface area contributed by atoms with Gasteiger partial charge in [-0.15, -0.1) is 12.4 Å². The van der Waals surface area contributed by atoms with Gasteiger partial charge in [0.05, 0.1) is 12.1 Å². The fourth-order valence-corrected chi connectivity index (χ4v) is 2.85. The highest BCUT2D eigenvalue weighted by atomic mass is 35.5. The minimum atomic E-state index is -0.584. The van der Waals surface area contributed by atoms with Crippen LogP contribution < -0.4 is 15.4 Å². The molecule has 23 heavy (non-hydrogen) atoms. The van der Waals surface area contributed by atoms with Crippen molar-refractivity contribution in [2.75, 3.05) is 26.8 Å². The molecule has 0 aromatic heterocycles. The minimum absolute atomic E-state index is 0. The highest BCUT2D eigenvalue weighted by Crippen LogP contribution is 2.20. The Morgan fingerprint density at radius 2 is 2.30 bits per heavy atom. The maximum absolute atomic E-state index is 12.2. The average molecular weight is 363 g/mol. The number of amides is 1. The number of halogens is 2. The first-order valence-electron chi connectivity index (χ1n) is 7.49. The average Bonchev–Trinajstić information content (AvgIpc) is 2.94. The predicted octanol–water partition coefficient (Wildman–Crippen LogP) is 2.41. The summed E-state index contributed by atoms with van der Waals surface area (Å²) in [5, 5.41) is 6.95. The highest BCUT2D eigenvalue weighted by Gasteiger charge is 2.34. The Hall–Kier alpha value is -1.01. The van der Waals surface area contributed by atoms with Crippen LogP contribution in [0.5, 0.6) is 5.75 Å².